The van der Waals surface area contributed by atoms with Crippen LogP contribution in [0.1, 0.15) is 44.0 Å². The van der Waals surface area contributed by atoms with Gasteiger partial charge in [-0.2, -0.15) is 0 Å². The van der Waals surface area contributed by atoms with Crippen molar-refractivity contribution in [2.75, 3.05) is 24.5 Å². The number of nitrogens with zero attached hydrogens (tertiary/aromatic N) is 2. The van der Waals surface area contributed by atoms with E-state index in [1.54, 1.807) is 6.07 Å². The van der Waals surface area contributed by atoms with Gasteiger partial charge in [-0.1, -0.05) is 6.92 Å². The Kier molecular flexibility index (Phi) is 6.54. The zero-order chi connectivity index (χ0) is 19.3. The van der Waals surface area contributed by atoms with E-state index in [9.17, 15) is 19.7 Å². The lowest BCUT2D eigenvalue weighted by Gasteiger charge is -2.33. The van der Waals surface area contributed by atoms with E-state index in [1.807, 2.05) is 13.8 Å². The number of non-ortho nitro benzene ring substituents is 1. The van der Waals surface area contributed by atoms with Crippen molar-refractivity contribution in [1.82, 2.24) is 10.6 Å². The van der Waals surface area contributed by atoms with Crippen LogP contribution < -0.4 is 15.5 Å². The van der Waals surface area contributed by atoms with Gasteiger partial charge < -0.3 is 15.5 Å². The molecular formula is C18H26N4O4. The van der Waals surface area contributed by atoms with E-state index in [2.05, 4.69) is 22.5 Å². The SMILES string of the molecule is CC1CCN(c2ccc([N+](=O)[O-])cc2C(=O)NCC(=O)NC(C)C)CC1. The van der Waals surface area contributed by atoms with Gasteiger partial charge in [-0.3, -0.25) is 19.7 Å². The van der Waals surface area contributed by atoms with Crippen LogP contribution in [0.2, 0.25) is 0 Å². The molecule has 1 saturated heterocycles. The van der Waals surface area contributed by atoms with E-state index in [-0.39, 0.29) is 29.7 Å². The molecule has 2 rings (SSSR count). The number of benzene rings is 1. The third-order valence-corrected chi connectivity index (χ3v) is 4.42. The zero-order valence-corrected chi connectivity index (χ0v) is 15.4. The number of nitro benzene ring substituents is 1. The molecule has 0 aliphatic carbocycles. The summed E-state index contributed by atoms with van der Waals surface area (Å²) in [5, 5.41) is 16.3. The lowest BCUT2D eigenvalue weighted by Crippen LogP contribution is -2.40. The minimum Gasteiger partial charge on any atom is -0.371 e. The van der Waals surface area contributed by atoms with Gasteiger partial charge in [-0.25, -0.2) is 0 Å². The number of rotatable bonds is 6. The van der Waals surface area contributed by atoms with Crippen molar-refractivity contribution in [3.63, 3.8) is 0 Å². The number of amides is 2. The maximum absolute atomic E-state index is 12.6. The van der Waals surface area contributed by atoms with Crippen LogP contribution in [-0.4, -0.2) is 42.4 Å². The van der Waals surface area contributed by atoms with Gasteiger partial charge in [0.25, 0.3) is 11.6 Å². The highest BCUT2D eigenvalue weighted by molar-refractivity contribution is 6.02. The van der Waals surface area contributed by atoms with E-state index >= 15 is 0 Å². The largest absolute Gasteiger partial charge is 0.371 e. The number of nitrogens with one attached hydrogen (secondary N) is 2. The Labute approximate surface area is 153 Å². The van der Waals surface area contributed by atoms with Crippen molar-refractivity contribution in [3.8, 4) is 0 Å². The van der Waals surface area contributed by atoms with E-state index < -0.39 is 10.8 Å². The molecule has 0 bridgehead atoms. The molecule has 1 aromatic carbocycles. The second kappa shape index (κ2) is 8.64. The Morgan fingerprint density at radius 2 is 1.96 bits per heavy atom. The van der Waals surface area contributed by atoms with Crippen molar-refractivity contribution in [3.05, 3.63) is 33.9 Å². The molecule has 0 radical (unpaired) electrons. The van der Waals surface area contributed by atoms with Crippen molar-refractivity contribution < 1.29 is 14.5 Å². The average Bonchev–Trinajstić information content (AvgIpc) is 2.59. The molecule has 1 aliphatic heterocycles. The smallest absolute Gasteiger partial charge is 0.270 e. The summed E-state index contributed by atoms with van der Waals surface area (Å²) in [5.41, 5.74) is 0.756. The fourth-order valence-corrected chi connectivity index (χ4v) is 2.97. The van der Waals surface area contributed by atoms with Crippen LogP contribution in [0, 0.1) is 16.0 Å². The van der Waals surface area contributed by atoms with Crippen LogP contribution in [0.15, 0.2) is 18.2 Å². The fraction of sp³-hybridized carbons (Fsp3) is 0.556. The second-order valence-electron chi connectivity index (χ2n) is 7.03. The molecule has 0 spiro atoms. The first-order valence-corrected chi connectivity index (χ1v) is 8.89. The highest BCUT2D eigenvalue weighted by Gasteiger charge is 2.23. The summed E-state index contributed by atoms with van der Waals surface area (Å²) in [4.78, 5) is 37.0. The minimum absolute atomic E-state index is 0.0249. The average molecular weight is 362 g/mol. The van der Waals surface area contributed by atoms with Gasteiger partial charge in [0, 0.05) is 31.3 Å². The number of piperidine rings is 1. The van der Waals surface area contributed by atoms with E-state index in [4.69, 9.17) is 0 Å². The number of hydrogen-bond donors (Lipinski definition) is 2. The molecule has 1 aromatic rings. The lowest BCUT2D eigenvalue weighted by molar-refractivity contribution is -0.384. The number of carbonyl (C=O) groups excluding carboxylic acids is 2. The van der Waals surface area contributed by atoms with Crippen LogP contribution in [-0.2, 0) is 4.79 Å². The molecule has 1 aliphatic rings. The Morgan fingerprint density at radius 1 is 1.31 bits per heavy atom. The Balaban J connectivity index is 2.20. The van der Waals surface area contributed by atoms with Gasteiger partial charge in [0.15, 0.2) is 0 Å². The molecule has 0 atom stereocenters. The summed E-state index contributed by atoms with van der Waals surface area (Å²) in [6.45, 7) is 7.27. The van der Waals surface area contributed by atoms with E-state index in [1.165, 1.54) is 12.1 Å². The Hall–Kier alpha value is -2.64. The molecular weight excluding hydrogens is 336 g/mol. The summed E-state index contributed by atoms with van der Waals surface area (Å²) in [7, 11) is 0. The summed E-state index contributed by atoms with van der Waals surface area (Å²) in [6.07, 6.45) is 2.02. The molecule has 2 N–H and O–H groups in total. The predicted molar refractivity (Wildman–Crippen MR) is 99.3 cm³/mol. The first-order chi connectivity index (χ1) is 12.3. The quantitative estimate of drug-likeness (QED) is 0.595. The summed E-state index contributed by atoms with van der Waals surface area (Å²) in [5.74, 6) is -0.158. The fourth-order valence-electron chi connectivity index (χ4n) is 2.97. The van der Waals surface area contributed by atoms with Crippen LogP contribution in [0.25, 0.3) is 0 Å². The maximum atomic E-state index is 12.6. The summed E-state index contributed by atoms with van der Waals surface area (Å²) < 4.78 is 0. The molecule has 1 heterocycles. The molecule has 2 amide bonds. The van der Waals surface area contributed by atoms with Gasteiger partial charge in [-0.15, -0.1) is 0 Å². The van der Waals surface area contributed by atoms with Crippen molar-refractivity contribution in [2.45, 2.75) is 39.7 Å². The third-order valence-electron chi connectivity index (χ3n) is 4.42. The maximum Gasteiger partial charge on any atom is 0.270 e. The van der Waals surface area contributed by atoms with Crippen molar-refractivity contribution >= 4 is 23.2 Å². The molecule has 26 heavy (non-hydrogen) atoms. The number of nitro groups is 1. The van der Waals surface area contributed by atoms with Crippen molar-refractivity contribution in [1.29, 1.82) is 0 Å². The van der Waals surface area contributed by atoms with Crippen LogP contribution >= 0.6 is 0 Å². The topological polar surface area (TPSA) is 105 Å². The molecule has 0 aromatic heterocycles. The van der Waals surface area contributed by atoms with Gasteiger partial charge >= 0.3 is 0 Å². The first kappa shape index (κ1) is 19.7. The number of carbonyl (C=O) groups is 2. The van der Waals surface area contributed by atoms with Crippen molar-refractivity contribution in [2.24, 2.45) is 5.92 Å². The highest BCUT2D eigenvalue weighted by atomic mass is 16.6. The van der Waals surface area contributed by atoms with Gasteiger partial charge in [0.2, 0.25) is 5.91 Å². The summed E-state index contributed by atoms with van der Waals surface area (Å²) in [6, 6.07) is 4.29. The molecule has 8 nitrogen and oxygen atoms in total. The summed E-state index contributed by atoms with van der Waals surface area (Å²) >= 11 is 0. The third kappa shape index (κ3) is 5.18. The second-order valence-corrected chi connectivity index (χ2v) is 7.03. The lowest BCUT2D eigenvalue weighted by atomic mass is 9.98. The first-order valence-electron chi connectivity index (χ1n) is 8.89. The Morgan fingerprint density at radius 3 is 2.54 bits per heavy atom. The van der Waals surface area contributed by atoms with Gasteiger partial charge in [-0.05, 0) is 38.7 Å². The molecule has 0 unspecified atom stereocenters. The normalized spacial score (nSPS) is 15.0. The molecule has 1 fully saturated rings. The van der Waals surface area contributed by atoms with E-state index in [0.717, 1.165) is 25.9 Å². The minimum atomic E-state index is -0.524. The van der Waals surface area contributed by atoms with Gasteiger partial charge in [0.1, 0.15) is 0 Å². The Bertz CT molecular complexity index is 682. The molecule has 8 heteroatoms. The monoisotopic (exact) mass is 362 g/mol. The number of anilines is 1. The van der Waals surface area contributed by atoms with Gasteiger partial charge in [0.05, 0.1) is 22.7 Å². The standard InChI is InChI=1S/C18H26N4O4/c1-12(2)20-17(23)11-19-18(24)15-10-14(22(25)26)4-5-16(15)21-8-6-13(3)7-9-21/h4-5,10,12-13H,6-9,11H2,1-3H3,(H,19,24)(H,20,23). The van der Waals surface area contributed by atoms with E-state index in [0.29, 0.717) is 11.6 Å². The predicted octanol–water partition coefficient (Wildman–Crippen LogP) is 2.09. The zero-order valence-electron chi connectivity index (χ0n) is 15.4. The molecule has 0 saturated carbocycles. The van der Waals surface area contributed by atoms with Crippen LogP contribution in [0.4, 0.5) is 11.4 Å². The number of hydrogen-bond acceptors (Lipinski definition) is 5. The highest BCUT2D eigenvalue weighted by Crippen LogP contribution is 2.29. The van der Waals surface area contributed by atoms with Crippen LogP contribution in [0.3, 0.4) is 0 Å². The molecule has 142 valence electrons. The van der Waals surface area contributed by atoms with Crippen LogP contribution in [0.5, 0.6) is 0 Å².